The quantitative estimate of drug-likeness (QED) is 0.944. The standard InChI is InChI=1S/C11H13ClN4S2/c12-8-1-2-10-14-11(15-16(10)6-8)13-5-9-7-17-3-4-18-9/h1-2,6,9H,3-5,7H2,(H,13,15). The molecule has 1 aliphatic rings. The largest absolute Gasteiger partial charge is 0.352 e. The normalized spacial score (nSPS) is 20.2. The Morgan fingerprint density at radius 3 is 3.22 bits per heavy atom. The van der Waals surface area contributed by atoms with Crippen molar-refractivity contribution in [2.45, 2.75) is 5.25 Å². The maximum absolute atomic E-state index is 5.91. The lowest BCUT2D eigenvalue weighted by atomic mass is 10.5. The van der Waals surface area contributed by atoms with Crippen molar-refractivity contribution in [2.75, 3.05) is 29.1 Å². The molecule has 96 valence electrons. The summed E-state index contributed by atoms with van der Waals surface area (Å²) in [6.45, 7) is 0.919. The Bertz CT molecular complexity index is 539. The van der Waals surface area contributed by atoms with Crippen LogP contribution in [-0.4, -0.2) is 43.7 Å². The Hall–Kier alpha value is -0.590. The number of fused-ring (bicyclic) bond motifs is 1. The van der Waals surface area contributed by atoms with Crippen molar-refractivity contribution >= 4 is 46.7 Å². The maximum atomic E-state index is 5.91. The molecule has 0 radical (unpaired) electrons. The van der Waals surface area contributed by atoms with E-state index in [1.807, 2.05) is 35.7 Å². The van der Waals surface area contributed by atoms with Gasteiger partial charge in [0.05, 0.1) is 5.02 Å². The summed E-state index contributed by atoms with van der Waals surface area (Å²) in [4.78, 5) is 4.40. The number of halogens is 1. The molecule has 2 aromatic rings. The molecule has 18 heavy (non-hydrogen) atoms. The fraction of sp³-hybridized carbons (Fsp3) is 0.455. The van der Waals surface area contributed by atoms with Gasteiger partial charge in [-0.05, 0) is 12.1 Å². The van der Waals surface area contributed by atoms with Crippen LogP contribution in [0, 0.1) is 0 Å². The number of hydrogen-bond donors (Lipinski definition) is 1. The Kier molecular flexibility index (Phi) is 3.86. The molecule has 1 unspecified atom stereocenters. The van der Waals surface area contributed by atoms with Crippen LogP contribution in [0.25, 0.3) is 5.65 Å². The first kappa shape index (κ1) is 12.4. The predicted octanol–water partition coefficient (Wildman–Crippen LogP) is 2.64. The maximum Gasteiger partial charge on any atom is 0.243 e. The molecule has 3 heterocycles. The van der Waals surface area contributed by atoms with Crippen LogP contribution in [0.3, 0.4) is 0 Å². The van der Waals surface area contributed by atoms with Crippen molar-refractivity contribution in [3.63, 3.8) is 0 Å². The molecule has 1 saturated heterocycles. The smallest absolute Gasteiger partial charge is 0.243 e. The third-order valence-electron chi connectivity index (χ3n) is 2.67. The van der Waals surface area contributed by atoms with Gasteiger partial charge in [-0.2, -0.15) is 28.5 Å². The molecule has 0 aliphatic carbocycles. The zero-order valence-corrected chi connectivity index (χ0v) is 12.1. The zero-order chi connectivity index (χ0) is 12.4. The minimum Gasteiger partial charge on any atom is -0.352 e. The van der Waals surface area contributed by atoms with E-state index in [0.717, 1.165) is 12.2 Å². The Labute approximate surface area is 119 Å². The third-order valence-corrected chi connectivity index (χ3v) is 5.74. The number of anilines is 1. The first-order chi connectivity index (χ1) is 8.81. The topological polar surface area (TPSA) is 42.2 Å². The summed E-state index contributed by atoms with van der Waals surface area (Å²) in [5, 5.41) is 8.97. The van der Waals surface area contributed by atoms with Crippen molar-refractivity contribution in [1.82, 2.24) is 14.6 Å². The van der Waals surface area contributed by atoms with Crippen LogP contribution < -0.4 is 5.32 Å². The average molecular weight is 301 g/mol. The van der Waals surface area contributed by atoms with Gasteiger partial charge >= 0.3 is 0 Å². The van der Waals surface area contributed by atoms with E-state index in [2.05, 4.69) is 15.4 Å². The highest BCUT2D eigenvalue weighted by molar-refractivity contribution is 8.06. The second-order valence-corrected chi connectivity index (χ2v) is 7.03. The number of nitrogens with one attached hydrogen (secondary N) is 1. The van der Waals surface area contributed by atoms with Crippen LogP contribution in [-0.2, 0) is 0 Å². The average Bonchev–Trinajstić information content (AvgIpc) is 2.79. The molecular formula is C11H13ClN4S2. The van der Waals surface area contributed by atoms with Crippen molar-refractivity contribution in [2.24, 2.45) is 0 Å². The summed E-state index contributed by atoms with van der Waals surface area (Å²) in [6.07, 6.45) is 1.76. The summed E-state index contributed by atoms with van der Waals surface area (Å²) in [5.74, 6) is 4.39. The van der Waals surface area contributed by atoms with E-state index >= 15 is 0 Å². The van der Waals surface area contributed by atoms with Gasteiger partial charge in [-0.1, -0.05) is 11.6 Å². The summed E-state index contributed by atoms with van der Waals surface area (Å²) >= 11 is 9.96. The molecule has 0 saturated carbocycles. The van der Waals surface area contributed by atoms with Crippen LogP contribution in [0.1, 0.15) is 0 Å². The lowest BCUT2D eigenvalue weighted by Crippen LogP contribution is -2.23. The summed E-state index contributed by atoms with van der Waals surface area (Å²) in [7, 11) is 0. The van der Waals surface area contributed by atoms with E-state index in [9.17, 15) is 0 Å². The molecule has 1 atom stereocenters. The van der Waals surface area contributed by atoms with Crippen LogP contribution in [0.4, 0.5) is 5.95 Å². The molecule has 3 rings (SSSR count). The molecule has 7 heteroatoms. The molecule has 0 bridgehead atoms. The highest BCUT2D eigenvalue weighted by Crippen LogP contribution is 2.24. The van der Waals surface area contributed by atoms with E-state index in [1.165, 1.54) is 17.3 Å². The monoisotopic (exact) mass is 300 g/mol. The van der Waals surface area contributed by atoms with Gasteiger partial charge in [0.1, 0.15) is 0 Å². The van der Waals surface area contributed by atoms with Crippen LogP contribution in [0.5, 0.6) is 0 Å². The van der Waals surface area contributed by atoms with E-state index < -0.39 is 0 Å². The number of nitrogens with zero attached hydrogens (tertiary/aromatic N) is 3. The van der Waals surface area contributed by atoms with E-state index in [0.29, 0.717) is 16.2 Å². The Morgan fingerprint density at radius 1 is 1.44 bits per heavy atom. The fourth-order valence-corrected chi connectivity index (χ4v) is 4.56. The van der Waals surface area contributed by atoms with E-state index in [4.69, 9.17) is 11.6 Å². The van der Waals surface area contributed by atoms with Crippen molar-refractivity contribution in [3.8, 4) is 0 Å². The van der Waals surface area contributed by atoms with Crippen molar-refractivity contribution < 1.29 is 0 Å². The number of pyridine rings is 1. The number of thioether (sulfide) groups is 2. The molecule has 1 aliphatic heterocycles. The number of aromatic nitrogens is 3. The second-order valence-electron chi connectivity index (χ2n) is 4.03. The molecule has 0 spiro atoms. The van der Waals surface area contributed by atoms with Gasteiger partial charge in [-0.3, -0.25) is 0 Å². The van der Waals surface area contributed by atoms with Crippen molar-refractivity contribution in [3.05, 3.63) is 23.4 Å². The van der Waals surface area contributed by atoms with Gasteiger partial charge in [0, 0.05) is 35.3 Å². The first-order valence-electron chi connectivity index (χ1n) is 5.76. The van der Waals surface area contributed by atoms with Crippen molar-refractivity contribution in [1.29, 1.82) is 0 Å². The van der Waals surface area contributed by atoms with Gasteiger partial charge in [0.15, 0.2) is 5.65 Å². The number of hydrogen-bond acceptors (Lipinski definition) is 5. The molecule has 0 amide bonds. The Morgan fingerprint density at radius 2 is 2.39 bits per heavy atom. The van der Waals surface area contributed by atoms with Crippen LogP contribution >= 0.6 is 35.1 Å². The van der Waals surface area contributed by atoms with Gasteiger partial charge in [0.25, 0.3) is 0 Å². The fourth-order valence-electron chi connectivity index (χ4n) is 1.79. The summed E-state index contributed by atoms with van der Waals surface area (Å²) < 4.78 is 1.70. The van der Waals surface area contributed by atoms with Gasteiger partial charge in [-0.15, -0.1) is 5.10 Å². The van der Waals surface area contributed by atoms with Gasteiger partial charge in [-0.25, -0.2) is 4.52 Å². The SMILES string of the molecule is Clc1ccc2nc(NCC3CSCCS3)nn2c1. The minimum atomic E-state index is 0.652. The van der Waals surface area contributed by atoms with Gasteiger partial charge < -0.3 is 5.32 Å². The molecule has 0 aromatic carbocycles. The molecule has 1 N–H and O–H groups in total. The van der Waals surface area contributed by atoms with E-state index in [-0.39, 0.29) is 0 Å². The molecule has 4 nitrogen and oxygen atoms in total. The highest BCUT2D eigenvalue weighted by Gasteiger charge is 2.14. The van der Waals surface area contributed by atoms with Crippen LogP contribution in [0.2, 0.25) is 5.02 Å². The summed E-state index contributed by atoms with van der Waals surface area (Å²) in [5.41, 5.74) is 0.813. The highest BCUT2D eigenvalue weighted by atomic mass is 35.5. The lowest BCUT2D eigenvalue weighted by Gasteiger charge is -2.20. The minimum absolute atomic E-state index is 0.652. The number of rotatable bonds is 3. The van der Waals surface area contributed by atoms with E-state index in [1.54, 1.807) is 10.7 Å². The second kappa shape index (κ2) is 5.59. The first-order valence-corrected chi connectivity index (χ1v) is 8.34. The zero-order valence-electron chi connectivity index (χ0n) is 9.67. The van der Waals surface area contributed by atoms with Crippen LogP contribution in [0.15, 0.2) is 18.3 Å². The predicted molar refractivity (Wildman–Crippen MR) is 80.1 cm³/mol. The molecule has 2 aromatic heterocycles. The molecule has 1 fully saturated rings. The van der Waals surface area contributed by atoms with Gasteiger partial charge in [0.2, 0.25) is 5.95 Å². The molecular weight excluding hydrogens is 288 g/mol. The Balaban J connectivity index is 1.67. The third kappa shape index (κ3) is 2.87. The lowest BCUT2D eigenvalue weighted by molar-refractivity contribution is 0.934. The summed E-state index contributed by atoms with van der Waals surface area (Å²) in [6, 6.07) is 3.69.